The van der Waals surface area contributed by atoms with Crippen LogP contribution < -0.4 is 4.74 Å². The number of fused-ring (bicyclic) bond motifs is 2. The fraction of sp³-hybridized carbons (Fsp3) is 0.286. The van der Waals surface area contributed by atoms with Crippen molar-refractivity contribution >= 4 is 23.2 Å². The van der Waals surface area contributed by atoms with Gasteiger partial charge in [-0.15, -0.1) is 0 Å². The third-order valence-corrected chi connectivity index (χ3v) is 6.09. The van der Waals surface area contributed by atoms with E-state index < -0.39 is 6.10 Å². The Balaban J connectivity index is 1.40. The molecule has 2 aliphatic heterocycles. The molecule has 0 saturated heterocycles. The number of halogens is 2. The quantitative estimate of drug-likeness (QED) is 0.656. The lowest BCUT2D eigenvalue weighted by molar-refractivity contribution is -0.00350. The van der Waals surface area contributed by atoms with Crippen molar-refractivity contribution in [2.24, 2.45) is 0 Å². The van der Waals surface area contributed by atoms with Crippen molar-refractivity contribution < 1.29 is 9.84 Å². The molecule has 0 radical (unpaired) electrons. The first-order valence-corrected chi connectivity index (χ1v) is 10.0. The second kappa shape index (κ2) is 7.08. The SMILES string of the molecule is O[C@@H]1c2cc(Cl)ccc2OC[C@H]1N1CCc2nc(-c3ccccc3Cl)[nH]c2C1. The molecule has 3 heterocycles. The highest BCUT2D eigenvalue weighted by Gasteiger charge is 2.36. The predicted molar refractivity (Wildman–Crippen MR) is 109 cm³/mol. The van der Waals surface area contributed by atoms with Crippen LogP contribution in [0.25, 0.3) is 11.4 Å². The van der Waals surface area contributed by atoms with Crippen molar-refractivity contribution in [1.82, 2.24) is 14.9 Å². The van der Waals surface area contributed by atoms with Gasteiger partial charge in [-0.25, -0.2) is 4.98 Å². The molecule has 3 aromatic rings. The highest BCUT2D eigenvalue weighted by molar-refractivity contribution is 6.33. The van der Waals surface area contributed by atoms with E-state index in [0.717, 1.165) is 41.3 Å². The minimum Gasteiger partial charge on any atom is -0.491 e. The summed E-state index contributed by atoms with van der Waals surface area (Å²) >= 11 is 12.4. The standard InChI is InChI=1S/C21H19Cl2N3O2/c22-12-5-6-19-14(9-12)20(27)18(11-28-19)26-8-7-16-17(10-26)25-21(24-16)13-3-1-2-4-15(13)23/h1-6,9,18,20,27H,7-8,10-11H2,(H,24,25)/t18-,20-/m1/s1. The molecule has 144 valence electrons. The molecule has 2 atom stereocenters. The van der Waals surface area contributed by atoms with E-state index in [1.807, 2.05) is 30.3 Å². The van der Waals surface area contributed by atoms with Gasteiger partial charge < -0.3 is 14.8 Å². The van der Waals surface area contributed by atoms with E-state index in [9.17, 15) is 5.11 Å². The zero-order valence-electron chi connectivity index (χ0n) is 15.0. The maximum Gasteiger partial charge on any atom is 0.139 e. The minimum absolute atomic E-state index is 0.133. The van der Waals surface area contributed by atoms with Crippen LogP contribution in [0.15, 0.2) is 42.5 Å². The Hall–Kier alpha value is -2.05. The summed E-state index contributed by atoms with van der Waals surface area (Å²) in [5.41, 5.74) is 3.76. The third kappa shape index (κ3) is 3.08. The molecule has 0 spiro atoms. The normalized spacial score (nSPS) is 21.7. The summed E-state index contributed by atoms with van der Waals surface area (Å²) in [7, 11) is 0. The first kappa shape index (κ1) is 18.0. The van der Waals surface area contributed by atoms with Crippen molar-refractivity contribution in [1.29, 1.82) is 0 Å². The van der Waals surface area contributed by atoms with E-state index in [1.54, 1.807) is 12.1 Å². The van der Waals surface area contributed by atoms with E-state index in [0.29, 0.717) is 28.9 Å². The lowest BCUT2D eigenvalue weighted by Gasteiger charge is -2.39. The van der Waals surface area contributed by atoms with Gasteiger partial charge in [0.1, 0.15) is 24.3 Å². The molecule has 2 N–H and O–H groups in total. The largest absolute Gasteiger partial charge is 0.491 e. The van der Waals surface area contributed by atoms with Crippen LogP contribution in [0.3, 0.4) is 0 Å². The second-order valence-corrected chi connectivity index (χ2v) is 8.06. The Labute approximate surface area is 172 Å². The number of aliphatic hydroxyl groups excluding tert-OH is 1. The monoisotopic (exact) mass is 415 g/mol. The zero-order valence-corrected chi connectivity index (χ0v) is 16.5. The van der Waals surface area contributed by atoms with Crippen LogP contribution in [0, 0.1) is 0 Å². The third-order valence-electron chi connectivity index (χ3n) is 5.52. The number of aromatic nitrogens is 2. The summed E-state index contributed by atoms with van der Waals surface area (Å²) < 4.78 is 5.89. The van der Waals surface area contributed by atoms with E-state index in [-0.39, 0.29) is 6.04 Å². The predicted octanol–water partition coefficient (Wildman–Crippen LogP) is 4.24. The van der Waals surface area contributed by atoms with Crippen LogP contribution in [0.5, 0.6) is 5.75 Å². The summed E-state index contributed by atoms with van der Waals surface area (Å²) in [6.07, 6.45) is 0.164. The topological polar surface area (TPSA) is 61.4 Å². The molecule has 0 fully saturated rings. The summed E-state index contributed by atoms with van der Waals surface area (Å²) in [4.78, 5) is 10.4. The summed E-state index contributed by atoms with van der Waals surface area (Å²) in [6, 6.07) is 12.9. The van der Waals surface area contributed by atoms with Crippen LogP contribution >= 0.6 is 23.2 Å². The molecule has 0 unspecified atom stereocenters. The molecule has 0 aliphatic carbocycles. The van der Waals surface area contributed by atoms with Gasteiger partial charge in [0.05, 0.1) is 22.5 Å². The first-order valence-electron chi connectivity index (χ1n) is 9.27. The summed E-state index contributed by atoms with van der Waals surface area (Å²) in [5, 5.41) is 12.2. The van der Waals surface area contributed by atoms with E-state index in [4.69, 9.17) is 32.9 Å². The van der Waals surface area contributed by atoms with Crippen LogP contribution in [-0.4, -0.2) is 39.2 Å². The molecule has 0 bridgehead atoms. The van der Waals surface area contributed by atoms with E-state index >= 15 is 0 Å². The summed E-state index contributed by atoms with van der Waals surface area (Å²) in [6.45, 7) is 1.92. The smallest absolute Gasteiger partial charge is 0.139 e. The minimum atomic E-state index is -0.644. The van der Waals surface area contributed by atoms with Crippen molar-refractivity contribution in [3.63, 3.8) is 0 Å². The highest BCUT2D eigenvalue weighted by Crippen LogP contribution is 2.37. The average Bonchev–Trinajstić information content (AvgIpc) is 3.12. The Morgan fingerprint density at radius 3 is 2.89 bits per heavy atom. The number of nitrogens with one attached hydrogen (secondary N) is 1. The number of aliphatic hydroxyl groups is 1. The Bertz CT molecular complexity index is 1040. The number of H-pyrrole nitrogens is 1. The fourth-order valence-electron chi connectivity index (χ4n) is 4.04. The highest BCUT2D eigenvalue weighted by atomic mass is 35.5. The Kier molecular flexibility index (Phi) is 4.56. The number of benzene rings is 2. The number of hydrogen-bond acceptors (Lipinski definition) is 4. The molecular formula is C21H19Cl2N3O2. The molecule has 2 aromatic carbocycles. The first-order chi connectivity index (χ1) is 13.6. The van der Waals surface area contributed by atoms with Gasteiger partial charge in [0, 0.05) is 35.7 Å². The molecule has 0 saturated carbocycles. The molecule has 7 heteroatoms. The van der Waals surface area contributed by atoms with Gasteiger partial charge in [0.2, 0.25) is 0 Å². The summed E-state index contributed by atoms with van der Waals surface area (Å²) in [5.74, 6) is 1.49. The van der Waals surface area contributed by atoms with Crippen molar-refractivity contribution in [3.8, 4) is 17.1 Å². The lowest BCUT2D eigenvalue weighted by atomic mass is 9.96. The fourth-order valence-corrected chi connectivity index (χ4v) is 4.44. The van der Waals surface area contributed by atoms with Gasteiger partial charge in [0.25, 0.3) is 0 Å². The van der Waals surface area contributed by atoms with E-state index in [1.165, 1.54) is 0 Å². The van der Waals surface area contributed by atoms with Gasteiger partial charge in [-0.2, -0.15) is 0 Å². The van der Waals surface area contributed by atoms with Gasteiger partial charge in [0.15, 0.2) is 0 Å². The van der Waals surface area contributed by atoms with Crippen molar-refractivity contribution in [3.05, 3.63) is 69.5 Å². The number of hydrogen-bond donors (Lipinski definition) is 2. The average molecular weight is 416 g/mol. The second-order valence-electron chi connectivity index (χ2n) is 7.22. The maximum absolute atomic E-state index is 10.9. The number of rotatable bonds is 2. The number of ether oxygens (including phenoxy) is 1. The van der Waals surface area contributed by atoms with Crippen LogP contribution in [-0.2, 0) is 13.0 Å². The van der Waals surface area contributed by atoms with Crippen molar-refractivity contribution in [2.75, 3.05) is 13.2 Å². The number of nitrogens with zero attached hydrogens (tertiary/aromatic N) is 2. The van der Waals surface area contributed by atoms with E-state index in [2.05, 4.69) is 9.88 Å². The van der Waals surface area contributed by atoms with Gasteiger partial charge in [-0.05, 0) is 30.3 Å². The van der Waals surface area contributed by atoms with Crippen LogP contribution in [0.4, 0.5) is 0 Å². The van der Waals surface area contributed by atoms with Gasteiger partial charge >= 0.3 is 0 Å². The number of imidazole rings is 1. The number of aromatic amines is 1. The molecular weight excluding hydrogens is 397 g/mol. The molecule has 5 rings (SSSR count). The molecule has 0 amide bonds. The van der Waals surface area contributed by atoms with Crippen molar-refractivity contribution in [2.45, 2.75) is 25.1 Å². The Morgan fingerprint density at radius 1 is 1.18 bits per heavy atom. The molecule has 2 aliphatic rings. The molecule has 1 aromatic heterocycles. The van der Waals surface area contributed by atoms with Gasteiger partial charge in [-0.3, -0.25) is 4.90 Å². The Morgan fingerprint density at radius 2 is 2.04 bits per heavy atom. The molecule has 5 nitrogen and oxygen atoms in total. The van der Waals surface area contributed by atoms with Crippen LogP contribution in [0.1, 0.15) is 23.1 Å². The maximum atomic E-state index is 10.9. The van der Waals surface area contributed by atoms with Gasteiger partial charge in [-0.1, -0.05) is 35.3 Å². The van der Waals surface area contributed by atoms with Crippen LogP contribution in [0.2, 0.25) is 10.0 Å². The lowest BCUT2D eigenvalue weighted by Crippen LogP contribution is -2.47. The zero-order chi connectivity index (χ0) is 19.3. The molecule has 28 heavy (non-hydrogen) atoms.